The molecule has 0 spiro atoms. The molecule has 7 heteroatoms. The number of nitrogens with one attached hydrogen (secondary N) is 1. The average molecular weight is 212 g/mol. The molecule has 0 amide bonds. The molecule has 1 heterocycles. The van der Waals surface area contributed by atoms with Crippen molar-refractivity contribution in [1.82, 2.24) is 9.97 Å². The van der Waals surface area contributed by atoms with Crippen molar-refractivity contribution in [3.63, 3.8) is 0 Å². The van der Waals surface area contributed by atoms with E-state index in [9.17, 15) is 9.59 Å². The fourth-order valence-corrected chi connectivity index (χ4v) is 1.03. The second-order valence-electron chi connectivity index (χ2n) is 3.09. The highest BCUT2D eigenvalue weighted by Gasteiger charge is 2.20. The van der Waals surface area contributed by atoms with E-state index in [0.29, 0.717) is 0 Å². The van der Waals surface area contributed by atoms with Crippen LogP contribution in [0.3, 0.4) is 0 Å². The topological polar surface area (TPSA) is 112 Å². The maximum atomic E-state index is 11.1. The molecule has 1 atom stereocenters. The Bertz CT molecular complexity index is 428. The van der Waals surface area contributed by atoms with Crippen molar-refractivity contribution in [1.29, 1.82) is 0 Å². The maximum absolute atomic E-state index is 11.1. The van der Waals surface area contributed by atoms with Crippen molar-refractivity contribution in [3.05, 3.63) is 16.7 Å². The van der Waals surface area contributed by atoms with Crippen LogP contribution in [-0.4, -0.2) is 34.1 Å². The fourth-order valence-electron chi connectivity index (χ4n) is 1.03. The number of aromatic nitrogens is 2. The van der Waals surface area contributed by atoms with Gasteiger partial charge in [-0.25, -0.2) is 9.78 Å². The molecule has 0 radical (unpaired) electrons. The number of anilines is 2. The number of carboxylic acids is 1. The highest BCUT2D eigenvalue weighted by molar-refractivity contribution is 5.78. The third-order valence-electron chi connectivity index (χ3n) is 2.14. The first-order valence-corrected chi connectivity index (χ1v) is 4.24. The SMILES string of the molecule is CC(C(=O)O)N(C)c1nc[nH]c(=O)c1N. The number of carbonyl (C=O) groups is 1. The Balaban J connectivity index is 3.11. The lowest BCUT2D eigenvalue weighted by Gasteiger charge is -2.22. The summed E-state index contributed by atoms with van der Waals surface area (Å²) in [6, 6.07) is -0.804. The summed E-state index contributed by atoms with van der Waals surface area (Å²) < 4.78 is 0. The summed E-state index contributed by atoms with van der Waals surface area (Å²) in [6.07, 6.45) is 1.18. The Hall–Kier alpha value is -2.05. The van der Waals surface area contributed by atoms with Gasteiger partial charge >= 0.3 is 5.97 Å². The molecule has 0 bridgehead atoms. The number of nitrogens with two attached hydrogens (primary N) is 1. The van der Waals surface area contributed by atoms with Crippen molar-refractivity contribution in [2.24, 2.45) is 0 Å². The number of likely N-dealkylation sites (N-methyl/N-ethyl adjacent to an activating group) is 1. The number of nitrogens with zero attached hydrogens (tertiary/aromatic N) is 2. The van der Waals surface area contributed by atoms with Crippen molar-refractivity contribution in [2.75, 3.05) is 17.7 Å². The van der Waals surface area contributed by atoms with Crippen molar-refractivity contribution in [2.45, 2.75) is 13.0 Å². The second-order valence-corrected chi connectivity index (χ2v) is 3.09. The number of nitrogen functional groups attached to an aromatic ring is 1. The van der Waals surface area contributed by atoms with E-state index in [-0.39, 0.29) is 11.5 Å². The number of H-pyrrole nitrogens is 1. The van der Waals surface area contributed by atoms with Gasteiger partial charge in [-0.05, 0) is 6.92 Å². The van der Waals surface area contributed by atoms with E-state index in [0.717, 1.165) is 0 Å². The van der Waals surface area contributed by atoms with E-state index in [1.165, 1.54) is 25.2 Å². The lowest BCUT2D eigenvalue weighted by atomic mass is 10.3. The van der Waals surface area contributed by atoms with Crippen molar-refractivity contribution in [3.8, 4) is 0 Å². The summed E-state index contributed by atoms with van der Waals surface area (Å²) in [5.41, 5.74) is 4.91. The van der Waals surface area contributed by atoms with Crippen molar-refractivity contribution < 1.29 is 9.90 Å². The van der Waals surface area contributed by atoms with Crippen LogP contribution in [0.2, 0.25) is 0 Å². The van der Waals surface area contributed by atoms with Gasteiger partial charge in [-0.3, -0.25) is 4.79 Å². The van der Waals surface area contributed by atoms with Gasteiger partial charge in [-0.15, -0.1) is 0 Å². The lowest BCUT2D eigenvalue weighted by molar-refractivity contribution is -0.138. The molecule has 15 heavy (non-hydrogen) atoms. The lowest BCUT2D eigenvalue weighted by Crippen LogP contribution is -2.37. The molecule has 7 nitrogen and oxygen atoms in total. The Morgan fingerprint density at radius 3 is 2.87 bits per heavy atom. The predicted molar refractivity (Wildman–Crippen MR) is 54.8 cm³/mol. The number of rotatable bonds is 3. The summed E-state index contributed by atoms with van der Waals surface area (Å²) in [5.74, 6) is -0.854. The van der Waals surface area contributed by atoms with Crippen LogP contribution >= 0.6 is 0 Å². The van der Waals surface area contributed by atoms with E-state index in [1.54, 1.807) is 0 Å². The van der Waals surface area contributed by atoms with Crippen molar-refractivity contribution >= 4 is 17.5 Å². The Labute approximate surface area is 85.5 Å². The van der Waals surface area contributed by atoms with Crippen LogP contribution in [0, 0.1) is 0 Å². The molecule has 82 valence electrons. The molecular weight excluding hydrogens is 200 g/mol. The number of hydrogen-bond acceptors (Lipinski definition) is 5. The van der Waals surface area contributed by atoms with Gasteiger partial charge in [0, 0.05) is 7.05 Å². The van der Waals surface area contributed by atoms with Gasteiger partial charge in [0.2, 0.25) is 0 Å². The monoisotopic (exact) mass is 212 g/mol. The average Bonchev–Trinajstić information content (AvgIpc) is 2.20. The van der Waals surface area contributed by atoms with Crippen LogP contribution in [0.5, 0.6) is 0 Å². The number of aromatic amines is 1. The zero-order chi connectivity index (χ0) is 11.6. The minimum atomic E-state index is -1.01. The first-order chi connectivity index (χ1) is 6.95. The molecule has 4 N–H and O–H groups in total. The second kappa shape index (κ2) is 3.99. The van der Waals surface area contributed by atoms with Gasteiger partial charge in [0.25, 0.3) is 5.56 Å². The normalized spacial score (nSPS) is 12.1. The smallest absolute Gasteiger partial charge is 0.326 e. The highest BCUT2D eigenvalue weighted by Crippen LogP contribution is 2.15. The van der Waals surface area contributed by atoms with E-state index < -0.39 is 17.6 Å². The first kappa shape index (κ1) is 11.0. The van der Waals surface area contributed by atoms with E-state index in [2.05, 4.69) is 9.97 Å². The maximum Gasteiger partial charge on any atom is 0.326 e. The summed E-state index contributed by atoms with van der Waals surface area (Å²) in [6.45, 7) is 1.48. The molecule has 1 aromatic heterocycles. The molecule has 0 aliphatic heterocycles. The minimum Gasteiger partial charge on any atom is -0.480 e. The number of carboxylic acid groups (broad SMARTS) is 1. The molecule has 0 saturated heterocycles. The van der Waals surface area contributed by atoms with E-state index in [4.69, 9.17) is 10.8 Å². The standard InChI is InChI=1S/C8H12N4O3/c1-4(8(14)15)12(2)6-5(9)7(13)11-3-10-6/h3-4H,9H2,1-2H3,(H,14,15)(H,10,11,13). The highest BCUT2D eigenvalue weighted by atomic mass is 16.4. The molecule has 0 aromatic carbocycles. The third kappa shape index (κ3) is 2.06. The van der Waals surface area contributed by atoms with Crippen LogP contribution < -0.4 is 16.2 Å². The Morgan fingerprint density at radius 2 is 2.33 bits per heavy atom. The van der Waals surface area contributed by atoms with Gasteiger partial charge in [0.05, 0.1) is 6.33 Å². The van der Waals surface area contributed by atoms with Gasteiger partial charge in [-0.2, -0.15) is 0 Å². The van der Waals surface area contributed by atoms with E-state index >= 15 is 0 Å². The zero-order valence-electron chi connectivity index (χ0n) is 8.39. The van der Waals surface area contributed by atoms with Crippen LogP contribution in [0.25, 0.3) is 0 Å². The van der Waals surface area contributed by atoms with Gasteiger partial charge in [-0.1, -0.05) is 0 Å². The summed E-state index contributed by atoms with van der Waals surface area (Å²) in [4.78, 5) is 29.3. The van der Waals surface area contributed by atoms with Crippen LogP contribution in [-0.2, 0) is 4.79 Å². The predicted octanol–water partition coefficient (Wildman–Crippen LogP) is -0.739. The molecule has 0 aliphatic rings. The fraction of sp³-hybridized carbons (Fsp3) is 0.375. The summed E-state index contributed by atoms with van der Waals surface area (Å²) in [7, 11) is 1.51. The summed E-state index contributed by atoms with van der Waals surface area (Å²) >= 11 is 0. The zero-order valence-corrected chi connectivity index (χ0v) is 8.39. The molecule has 0 saturated carbocycles. The first-order valence-electron chi connectivity index (χ1n) is 4.24. The quantitative estimate of drug-likeness (QED) is 0.608. The van der Waals surface area contributed by atoms with Gasteiger partial charge in [0.1, 0.15) is 11.7 Å². The molecule has 1 rings (SSSR count). The third-order valence-corrected chi connectivity index (χ3v) is 2.14. The van der Waals surface area contributed by atoms with E-state index in [1.807, 2.05) is 0 Å². The van der Waals surface area contributed by atoms with Crippen LogP contribution in [0.1, 0.15) is 6.92 Å². The molecule has 0 fully saturated rings. The van der Waals surface area contributed by atoms with Gasteiger partial charge < -0.3 is 20.7 Å². The molecular formula is C8H12N4O3. The Kier molecular flexibility index (Phi) is 2.93. The van der Waals surface area contributed by atoms with Crippen LogP contribution in [0.15, 0.2) is 11.1 Å². The van der Waals surface area contributed by atoms with Gasteiger partial charge in [0.15, 0.2) is 5.82 Å². The molecule has 0 aliphatic carbocycles. The number of hydrogen-bond donors (Lipinski definition) is 3. The van der Waals surface area contributed by atoms with Crippen LogP contribution in [0.4, 0.5) is 11.5 Å². The largest absolute Gasteiger partial charge is 0.480 e. The Morgan fingerprint density at radius 1 is 1.73 bits per heavy atom. The molecule has 1 unspecified atom stereocenters. The minimum absolute atomic E-state index is 0.0897. The number of aliphatic carboxylic acids is 1. The summed E-state index contributed by atoms with van der Waals surface area (Å²) in [5, 5.41) is 8.78. The molecule has 1 aromatic rings.